The third-order valence-corrected chi connectivity index (χ3v) is 4.11. The van der Waals surface area contributed by atoms with Crippen molar-refractivity contribution in [2.75, 3.05) is 0 Å². The number of carboxylic acids is 1. The van der Waals surface area contributed by atoms with Gasteiger partial charge in [0.1, 0.15) is 5.69 Å². The standard InChI is InChI=1S/C8H6BrNO2S/c1-3-6(9)7-5(13-3)2-4(10-7)8(11)12/h2,10H,1H3,(H,11,12). The van der Waals surface area contributed by atoms with Crippen LogP contribution in [-0.2, 0) is 0 Å². The summed E-state index contributed by atoms with van der Waals surface area (Å²) < 4.78 is 1.93. The van der Waals surface area contributed by atoms with Crippen LogP contribution in [0.15, 0.2) is 10.5 Å². The van der Waals surface area contributed by atoms with Gasteiger partial charge in [0.15, 0.2) is 0 Å². The summed E-state index contributed by atoms with van der Waals surface area (Å²) in [7, 11) is 0. The molecule has 68 valence electrons. The second-order valence-corrected chi connectivity index (χ2v) is 4.75. The Morgan fingerprint density at radius 1 is 1.69 bits per heavy atom. The lowest BCUT2D eigenvalue weighted by atomic mass is 10.4. The van der Waals surface area contributed by atoms with Gasteiger partial charge in [-0.15, -0.1) is 11.3 Å². The van der Waals surface area contributed by atoms with Crippen molar-refractivity contribution in [1.29, 1.82) is 0 Å². The molecule has 0 aromatic carbocycles. The summed E-state index contributed by atoms with van der Waals surface area (Å²) in [6.45, 7) is 1.99. The number of aryl methyl sites for hydroxylation is 1. The normalized spacial score (nSPS) is 10.9. The predicted octanol–water partition coefficient (Wildman–Crippen LogP) is 3.00. The minimum absolute atomic E-state index is 0.238. The van der Waals surface area contributed by atoms with Gasteiger partial charge in [0.05, 0.1) is 14.7 Å². The number of rotatable bonds is 1. The summed E-state index contributed by atoms with van der Waals surface area (Å²) in [6, 6.07) is 1.65. The van der Waals surface area contributed by atoms with Gasteiger partial charge in [-0.25, -0.2) is 4.79 Å². The first-order valence-electron chi connectivity index (χ1n) is 3.60. The van der Waals surface area contributed by atoms with Gasteiger partial charge in [-0.3, -0.25) is 0 Å². The minimum Gasteiger partial charge on any atom is -0.477 e. The summed E-state index contributed by atoms with van der Waals surface area (Å²) in [5.74, 6) is -0.923. The fourth-order valence-corrected chi connectivity index (χ4v) is 2.82. The first-order valence-corrected chi connectivity index (χ1v) is 5.21. The van der Waals surface area contributed by atoms with Crippen molar-refractivity contribution in [3.63, 3.8) is 0 Å². The highest BCUT2D eigenvalue weighted by molar-refractivity contribution is 9.10. The van der Waals surface area contributed by atoms with Crippen LogP contribution in [0.3, 0.4) is 0 Å². The Morgan fingerprint density at radius 2 is 2.38 bits per heavy atom. The molecule has 0 radical (unpaired) electrons. The Labute approximate surface area is 86.5 Å². The molecule has 2 aromatic heterocycles. The topological polar surface area (TPSA) is 53.1 Å². The lowest BCUT2D eigenvalue weighted by Crippen LogP contribution is -1.94. The zero-order valence-corrected chi connectivity index (χ0v) is 9.12. The van der Waals surface area contributed by atoms with E-state index < -0.39 is 5.97 Å². The fraction of sp³-hybridized carbons (Fsp3) is 0.125. The maximum atomic E-state index is 10.6. The van der Waals surface area contributed by atoms with Gasteiger partial charge >= 0.3 is 5.97 Å². The summed E-state index contributed by atoms with van der Waals surface area (Å²) in [5.41, 5.74) is 1.11. The first kappa shape index (κ1) is 8.77. The monoisotopic (exact) mass is 259 g/mol. The van der Waals surface area contributed by atoms with Gasteiger partial charge < -0.3 is 10.1 Å². The molecule has 0 spiro atoms. The SMILES string of the molecule is Cc1sc2cc(C(=O)O)[nH]c2c1Br. The number of aromatic nitrogens is 1. The van der Waals surface area contributed by atoms with E-state index in [2.05, 4.69) is 20.9 Å². The second-order valence-electron chi connectivity index (χ2n) is 2.70. The summed E-state index contributed by atoms with van der Waals surface area (Å²) in [4.78, 5) is 14.6. The van der Waals surface area contributed by atoms with Crippen LogP contribution in [0.2, 0.25) is 0 Å². The third-order valence-electron chi connectivity index (χ3n) is 1.80. The molecule has 2 heterocycles. The van der Waals surface area contributed by atoms with Crippen LogP contribution in [0.1, 0.15) is 15.4 Å². The van der Waals surface area contributed by atoms with E-state index in [4.69, 9.17) is 5.11 Å². The predicted molar refractivity (Wildman–Crippen MR) is 55.6 cm³/mol. The molecule has 0 aliphatic rings. The molecule has 0 atom stereocenters. The number of fused-ring (bicyclic) bond motifs is 1. The average molecular weight is 260 g/mol. The zero-order valence-electron chi connectivity index (χ0n) is 6.72. The van der Waals surface area contributed by atoms with E-state index >= 15 is 0 Å². The van der Waals surface area contributed by atoms with Gasteiger partial charge in [0.25, 0.3) is 0 Å². The molecule has 2 rings (SSSR count). The zero-order chi connectivity index (χ0) is 9.59. The fourth-order valence-electron chi connectivity index (χ4n) is 1.18. The number of H-pyrrole nitrogens is 1. The van der Waals surface area contributed by atoms with Crippen molar-refractivity contribution < 1.29 is 9.90 Å². The average Bonchev–Trinajstić information content (AvgIpc) is 2.55. The Balaban J connectivity index is 2.72. The molecule has 0 aliphatic heterocycles. The van der Waals surface area contributed by atoms with Crippen LogP contribution in [0.4, 0.5) is 0 Å². The van der Waals surface area contributed by atoms with Crippen LogP contribution < -0.4 is 0 Å². The summed E-state index contributed by atoms with van der Waals surface area (Å²) in [6.07, 6.45) is 0. The number of halogens is 1. The molecule has 0 unspecified atom stereocenters. The Bertz CT molecular complexity index is 486. The summed E-state index contributed by atoms with van der Waals surface area (Å²) in [5, 5.41) is 8.72. The lowest BCUT2D eigenvalue weighted by Gasteiger charge is -1.87. The Hall–Kier alpha value is -0.810. The van der Waals surface area contributed by atoms with Crippen LogP contribution in [0, 0.1) is 6.92 Å². The molecular weight excluding hydrogens is 254 g/mol. The number of hydrogen-bond acceptors (Lipinski definition) is 2. The molecular formula is C8H6BrNO2S. The van der Waals surface area contributed by atoms with Crippen molar-refractivity contribution in [2.45, 2.75) is 6.92 Å². The van der Waals surface area contributed by atoms with E-state index in [0.29, 0.717) is 0 Å². The number of aromatic carboxylic acids is 1. The minimum atomic E-state index is -0.923. The van der Waals surface area contributed by atoms with Crippen molar-refractivity contribution >= 4 is 43.5 Å². The van der Waals surface area contributed by atoms with E-state index in [1.165, 1.54) is 0 Å². The maximum absolute atomic E-state index is 10.6. The molecule has 5 heteroatoms. The highest BCUT2D eigenvalue weighted by Crippen LogP contribution is 2.34. The van der Waals surface area contributed by atoms with E-state index in [0.717, 1.165) is 19.6 Å². The van der Waals surface area contributed by atoms with Crippen LogP contribution in [0.25, 0.3) is 10.2 Å². The Morgan fingerprint density at radius 3 is 2.92 bits per heavy atom. The van der Waals surface area contributed by atoms with Crippen molar-refractivity contribution in [1.82, 2.24) is 4.98 Å². The largest absolute Gasteiger partial charge is 0.477 e. The molecule has 0 fully saturated rings. The van der Waals surface area contributed by atoms with Crippen molar-refractivity contribution in [3.05, 3.63) is 21.1 Å². The maximum Gasteiger partial charge on any atom is 0.352 e. The van der Waals surface area contributed by atoms with E-state index in [-0.39, 0.29) is 5.69 Å². The number of aromatic amines is 1. The van der Waals surface area contributed by atoms with Gasteiger partial charge in [0, 0.05) is 4.88 Å². The smallest absolute Gasteiger partial charge is 0.352 e. The van der Waals surface area contributed by atoms with Crippen LogP contribution in [0.5, 0.6) is 0 Å². The van der Waals surface area contributed by atoms with E-state index in [9.17, 15) is 4.79 Å². The molecule has 0 saturated carbocycles. The quantitative estimate of drug-likeness (QED) is 0.828. The molecule has 2 N–H and O–H groups in total. The van der Waals surface area contributed by atoms with Gasteiger partial charge in [-0.1, -0.05) is 0 Å². The molecule has 2 aromatic rings. The van der Waals surface area contributed by atoms with Gasteiger partial charge in [0.2, 0.25) is 0 Å². The third kappa shape index (κ3) is 1.28. The number of thiophene rings is 1. The van der Waals surface area contributed by atoms with Crippen molar-refractivity contribution in [3.8, 4) is 0 Å². The molecule has 13 heavy (non-hydrogen) atoms. The van der Waals surface area contributed by atoms with Crippen LogP contribution >= 0.6 is 27.3 Å². The highest BCUT2D eigenvalue weighted by atomic mass is 79.9. The summed E-state index contributed by atoms with van der Waals surface area (Å²) >= 11 is 4.97. The lowest BCUT2D eigenvalue weighted by molar-refractivity contribution is 0.0691. The first-order chi connectivity index (χ1) is 6.09. The molecule has 0 bridgehead atoms. The van der Waals surface area contributed by atoms with Gasteiger partial charge in [-0.05, 0) is 28.9 Å². The molecule has 3 nitrogen and oxygen atoms in total. The number of carboxylic acid groups (broad SMARTS) is 1. The second kappa shape index (κ2) is 2.85. The highest BCUT2D eigenvalue weighted by Gasteiger charge is 2.12. The Kier molecular flexibility index (Phi) is 1.92. The number of hydrogen-bond donors (Lipinski definition) is 2. The number of carbonyl (C=O) groups is 1. The molecule has 0 saturated heterocycles. The molecule has 0 amide bonds. The molecule has 0 aliphatic carbocycles. The van der Waals surface area contributed by atoms with Crippen LogP contribution in [-0.4, -0.2) is 16.1 Å². The van der Waals surface area contributed by atoms with Crippen molar-refractivity contribution in [2.24, 2.45) is 0 Å². The van der Waals surface area contributed by atoms with E-state index in [1.807, 2.05) is 6.92 Å². The number of nitrogens with one attached hydrogen (secondary N) is 1. The van der Waals surface area contributed by atoms with E-state index in [1.54, 1.807) is 17.4 Å². The van der Waals surface area contributed by atoms with Gasteiger partial charge in [-0.2, -0.15) is 0 Å².